The van der Waals surface area contributed by atoms with Crippen LogP contribution < -0.4 is 10.2 Å². The van der Waals surface area contributed by atoms with Crippen LogP contribution in [-0.2, 0) is 10.5 Å². The number of methoxy groups -OCH3 is 1. The van der Waals surface area contributed by atoms with Crippen molar-refractivity contribution >= 4 is 22.9 Å². The van der Waals surface area contributed by atoms with Crippen LogP contribution in [0.3, 0.4) is 0 Å². The van der Waals surface area contributed by atoms with Crippen LogP contribution in [0.4, 0.5) is 0 Å². The lowest BCUT2D eigenvalue weighted by atomic mass is 10.1. The number of hydrogen-bond acceptors (Lipinski definition) is 6. The molecule has 0 fully saturated rings. The summed E-state index contributed by atoms with van der Waals surface area (Å²) in [5.41, 5.74) is 1.69. The van der Waals surface area contributed by atoms with Gasteiger partial charge in [-0.2, -0.15) is 0 Å². The molecule has 0 aromatic heterocycles. The molecule has 0 saturated heterocycles. The second kappa shape index (κ2) is 8.02. The highest BCUT2D eigenvalue weighted by Gasteiger charge is 2.14. The number of aliphatic imine (C=N–C) groups is 1. The Morgan fingerprint density at radius 2 is 2.24 bits per heavy atom. The van der Waals surface area contributed by atoms with Gasteiger partial charge in [0.05, 0.1) is 19.3 Å². The highest BCUT2D eigenvalue weighted by molar-refractivity contribution is 8.13. The standard InChI is InChI=1S/C14H19N3O3S/c1-20-13(19)12-4-2-11(3-5-12)8-21-14-15-9-17(6-7-18)10-16-14/h2-5,18H,6-10H2,1H3,(H,15,16)/p+1. The minimum absolute atomic E-state index is 0.182. The number of aliphatic hydroxyl groups excluding tert-OH is 1. The minimum Gasteiger partial charge on any atom is -0.465 e. The van der Waals surface area contributed by atoms with Gasteiger partial charge in [0.1, 0.15) is 6.54 Å². The highest BCUT2D eigenvalue weighted by Crippen LogP contribution is 2.14. The third-order valence-corrected chi connectivity index (χ3v) is 4.18. The fraction of sp³-hybridized carbons (Fsp3) is 0.429. The van der Waals surface area contributed by atoms with Gasteiger partial charge in [0.25, 0.3) is 0 Å². The summed E-state index contributed by atoms with van der Waals surface area (Å²) in [5.74, 6) is 0.474. The van der Waals surface area contributed by atoms with E-state index in [1.165, 1.54) is 12.0 Å². The van der Waals surface area contributed by atoms with E-state index in [0.29, 0.717) is 18.8 Å². The number of hydrogen-bond donors (Lipinski definition) is 3. The molecule has 21 heavy (non-hydrogen) atoms. The molecule has 0 saturated carbocycles. The van der Waals surface area contributed by atoms with Crippen molar-refractivity contribution < 1.29 is 19.5 Å². The molecular formula is C14H20N3O3S+. The molecule has 1 aromatic carbocycles. The Morgan fingerprint density at radius 1 is 1.48 bits per heavy atom. The van der Waals surface area contributed by atoms with Crippen LogP contribution in [0.15, 0.2) is 29.3 Å². The molecule has 6 nitrogen and oxygen atoms in total. The summed E-state index contributed by atoms with van der Waals surface area (Å²) in [6.07, 6.45) is 0. The summed E-state index contributed by atoms with van der Waals surface area (Å²) in [4.78, 5) is 17.0. The van der Waals surface area contributed by atoms with E-state index in [1.807, 2.05) is 12.1 Å². The highest BCUT2D eigenvalue weighted by atomic mass is 32.2. The number of rotatable bonds is 5. The third-order valence-electron chi connectivity index (χ3n) is 3.15. The monoisotopic (exact) mass is 310 g/mol. The van der Waals surface area contributed by atoms with Crippen molar-refractivity contribution in [1.29, 1.82) is 0 Å². The Bertz CT molecular complexity index is 505. The van der Waals surface area contributed by atoms with Crippen molar-refractivity contribution in [3.63, 3.8) is 0 Å². The van der Waals surface area contributed by atoms with Gasteiger partial charge in [0.15, 0.2) is 18.5 Å². The normalized spacial score (nSPS) is 17.8. The number of nitrogens with one attached hydrogen (secondary N) is 2. The van der Waals surface area contributed by atoms with E-state index >= 15 is 0 Å². The van der Waals surface area contributed by atoms with Crippen LogP contribution >= 0.6 is 11.8 Å². The maximum absolute atomic E-state index is 11.3. The second-order valence-electron chi connectivity index (χ2n) is 4.68. The Hall–Kier alpha value is -1.57. The lowest BCUT2D eigenvalue weighted by molar-refractivity contribution is -0.903. The number of amidine groups is 1. The fourth-order valence-electron chi connectivity index (χ4n) is 1.92. The third kappa shape index (κ3) is 4.73. The predicted octanol–water partition coefficient (Wildman–Crippen LogP) is -0.542. The minimum atomic E-state index is -0.320. The number of thioether (sulfide) groups is 1. The molecule has 1 atom stereocenters. The van der Waals surface area contributed by atoms with Gasteiger partial charge in [-0.3, -0.25) is 4.90 Å². The van der Waals surface area contributed by atoms with Crippen molar-refractivity contribution in [1.82, 2.24) is 5.32 Å². The molecule has 2 rings (SSSR count). The number of ether oxygens (including phenoxy) is 1. The van der Waals surface area contributed by atoms with E-state index in [0.717, 1.165) is 23.2 Å². The Morgan fingerprint density at radius 3 is 2.81 bits per heavy atom. The van der Waals surface area contributed by atoms with Crippen molar-refractivity contribution in [2.24, 2.45) is 4.99 Å². The lowest BCUT2D eigenvalue weighted by Crippen LogP contribution is -3.14. The zero-order valence-corrected chi connectivity index (χ0v) is 12.8. The van der Waals surface area contributed by atoms with Gasteiger partial charge >= 0.3 is 5.97 Å². The zero-order chi connectivity index (χ0) is 15.1. The van der Waals surface area contributed by atoms with Crippen LogP contribution in [0.25, 0.3) is 0 Å². The Kier molecular flexibility index (Phi) is 6.04. The van der Waals surface area contributed by atoms with Crippen LogP contribution in [0, 0.1) is 0 Å². The van der Waals surface area contributed by atoms with Crippen molar-refractivity contribution in [3.05, 3.63) is 35.4 Å². The molecule has 1 heterocycles. The smallest absolute Gasteiger partial charge is 0.337 e. The summed E-state index contributed by atoms with van der Waals surface area (Å²) in [6.45, 7) is 2.37. The molecule has 1 aliphatic rings. The van der Waals surface area contributed by atoms with E-state index in [-0.39, 0.29) is 12.6 Å². The number of benzene rings is 1. The first-order chi connectivity index (χ1) is 10.2. The molecule has 0 amide bonds. The lowest BCUT2D eigenvalue weighted by Gasteiger charge is -2.22. The van der Waals surface area contributed by atoms with Gasteiger partial charge in [-0.1, -0.05) is 23.9 Å². The van der Waals surface area contributed by atoms with Crippen LogP contribution in [0.1, 0.15) is 15.9 Å². The first-order valence-electron chi connectivity index (χ1n) is 6.75. The summed E-state index contributed by atoms with van der Waals surface area (Å²) < 4.78 is 4.67. The van der Waals surface area contributed by atoms with Gasteiger partial charge in [0, 0.05) is 5.75 Å². The predicted molar refractivity (Wildman–Crippen MR) is 82.3 cm³/mol. The van der Waals surface area contributed by atoms with Crippen molar-refractivity contribution in [2.75, 3.05) is 33.6 Å². The maximum atomic E-state index is 11.3. The molecule has 0 spiro atoms. The quantitative estimate of drug-likeness (QED) is 0.637. The molecule has 1 aromatic rings. The van der Waals surface area contributed by atoms with E-state index in [2.05, 4.69) is 15.0 Å². The van der Waals surface area contributed by atoms with Gasteiger partial charge in [-0.15, -0.1) is 0 Å². The zero-order valence-electron chi connectivity index (χ0n) is 12.0. The molecule has 7 heteroatoms. The van der Waals surface area contributed by atoms with Gasteiger partial charge < -0.3 is 15.2 Å². The number of esters is 1. The number of carbonyl (C=O) groups is 1. The SMILES string of the molecule is COC(=O)c1ccc(CSC2=NC[NH+](CCO)CN2)cc1. The van der Waals surface area contributed by atoms with Gasteiger partial charge in [-0.05, 0) is 17.7 Å². The summed E-state index contributed by atoms with van der Waals surface area (Å²) in [7, 11) is 1.38. The maximum Gasteiger partial charge on any atom is 0.337 e. The molecule has 1 aliphatic heterocycles. The van der Waals surface area contributed by atoms with Crippen LogP contribution in [-0.4, -0.2) is 49.8 Å². The van der Waals surface area contributed by atoms with Crippen molar-refractivity contribution in [3.8, 4) is 0 Å². The molecule has 114 valence electrons. The Balaban J connectivity index is 1.82. The summed E-state index contributed by atoms with van der Waals surface area (Å²) in [5, 5.41) is 13.1. The summed E-state index contributed by atoms with van der Waals surface area (Å²) in [6, 6.07) is 7.38. The van der Waals surface area contributed by atoms with E-state index in [9.17, 15) is 4.79 Å². The molecule has 3 N–H and O–H groups in total. The fourth-order valence-corrected chi connectivity index (χ4v) is 2.75. The van der Waals surface area contributed by atoms with Gasteiger partial charge in [0.2, 0.25) is 0 Å². The largest absolute Gasteiger partial charge is 0.465 e. The number of carbonyl (C=O) groups excluding carboxylic acids is 1. The topological polar surface area (TPSA) is 75.4 Å². The first-order valence-corrected chi connectivity index (χ1v) is 7.74. The number of aliphatic hydroxyl groups is 1. The van der Waals surface area contributed by atoms with E-state index in [1.54, 1.807) is 23.9 Å². The average Bonchev–Trinajstić information content (AvgIpc) is 2.54. The van der Waals surface area contributed by atoms with Crippen LogP contribution in [0.2, 0.25) is 0 Å². The Labute approximate surface area is 128 Å². The van der Waals surface area contributed by atoms with E-state index < -0.39 is 0 Å². The molecule has 1 unspecified atom stereocenters. The average molecular weight is 310 g/mol. The van der Waals surface area contributed by atoms with Gasteiger partial charge in [-0.25, -0.2) is 9.79 Å². The molecule has 0 radical (unpaired) electrons. The van der Waals surface area contributed by atoms with Crippen molar-refractivity contribution in [2.45, 2.75) is 5.75 Å². The molecular weight excluding hydrogens is 290 g/mol. The second-order valence-corrected chi connectivity index (χ2v) is 5.64. The molecule has 0 aliphatic carbocycles. The summed E-state index contributed by atoms with van der Waals surface area (Å²) >= 11 is 1.64. The first kappa shape index (κ1) is 15.8. The molecule has 0 bridgehead atoms. The van der Waals surface area contributed by atoms with Crippen LogP contribution in [0.5, 0.6) is 0 Å². The van der Waals surface area contributed by atoms with E-state index in [4.69, 9.17) is 5.11 Å². The number of quaternary nitrogens is 1. The number of nitrogens with zero attached hydrogens (tertiary/aromatic N) is 1.